The molecule has 0 saturated heterocycles. The van der Waals surface area contributed by atoms with Gasteiger partial charge in [0.05, 0.1) is 6.04 Å². The summed E-state index contributed by atoms with van der Waals surface area (Å²) in [6, 6.07) is 23.9. The molecule has 3 aromatic rings. The van der Waals surface area contributed by atoms with E-state index in [2.05, 4.69) is 85.6 Å². The van der Waals surface area contributed by atoms with Gasteiger partial charge < -0.3 is 20.7 Å². The predicted octanol–water partition coefficient (Wildman–Crippen LogP) is 7.05. The minimum atomic E-state index is -0.955. The molecule has 1 heterocycles. The number of nitrogens with one attached hydrogen (secondary N) is 2. The molecule has 196 valence electrons. The molecule has 0 saturated carbocycles. The molecule has 0 spiro atoms. The number of aliphatic carboxylic acids is 1. The highest BCUT2D eigenvalue weighted by molar-refractivity contribution is 6.08. The molecule has 4 rings (SSSR count). The molecule has 0 bridgehead atoms. The predicted molar refractivity (Wildman–Crippen MR) is 158 cm³/mol. The summed E-state index contributed by atoms with van der Waals surface area (Å²) < 4.78 is 0. The standard InChI is InChI=1S/C33H37N3O2/c1-5-35-21-29(20-34)27-13-16-31-28(19-27)18-23(4)36(30-14-11-25(12-15-30)22(2)3)33(31)26-9-6-24(7-10-26)8-17-32(37)38/h6-17,19-23,33-35H,5,18H2,1-4H3,(H,37,38)/b17-8+,29-21+,34-20?/t23-,33-/m1/s1. The average Bonchev–Trinajstić information content (AvgIpc) is 2.92. The summed E-state index contributed by atoms with van der Waals surface area (Å²) in [5.74, 6) is -0.481. The van der Waals surface area contributed by atoms with Crippen molar-refractivity contribution in [3.63, 3.8) is 0 Å². The number of carboxylic acid groups (broad SMARTS) is 1. The maximum absolute atomic E-state index is 11.0. The summed E-state index contributed by atoms with van der Waals surface area (Å²) in [6.07, 6.45) is 6.99. The monoisotopic (exact) mass is 507 g/mol. The van der Waals surface area contributed by atoms with E-state index in [0.29, 0.717) is 5.92 Å². The first kappa shape index (κ1) is 26.9. The number of carboxylic acids is 1. The van der Waals surface area contributed by atoms with Crippen LogP contribution >= 0.6 is 0 Å². The molecule has 38 heavy (non-hydrogen) atoms. The Labute approximate surface area is 226 Å². The molecular formula is C33H37N3O2. The number of benzene rings is 3. The molecule has 3 aromatic carbocycles. The zero-order valence-corrected chi connectivity index (χ0v) is 22.6. The van der Waals surface area contributed by atoms with Gasteiger partial charge in [0.2, 0.25) is 0 Å². The highest BCUT2D eigenvalue weighted by Gasteiger charge is 2.33. The first-order chi connectivity index (χ1) is 18.3. The number of hydrogen-bond acceptors (Lipinski definition) is 4. The van der Waals surface area contributed by atoms with Gasteiger partial charge in [-0.15, -0.1) is 0 Å². The molecule has 0 fully saturated rings. The largest absolute Gasteiger partial charge is 0.478 e. The number of nitrogens with zero attached hydrogens (tertiary/aromatic N) is 1. The topological polar surface area (TPSA) is 76.4 Å². The zero-order chi connectivity index (χ0) is 27.2. The summed E-state index contributed by atoms with van der Waals surface area (Å²) in [6.45, 7) is 9.55. The molecule has 1 aliphatic heterocycles. The lowest BCUT2D eigenvalue weighted by Crippen LogP contribution is -2.43. The first-order valence-corrected chi connectivity index (χ1v) is 13.3. The second-order valence-corrected chi connectivity index (χ2v) is 10.2. The molecule has 0 radical (unpaired) electrons. The first-order valence-electron chi connectivity index (χ1n) is 13.3. The van der Waals surface area contributed by atoms with E-state index in [-0.39, 0.29) is 12.1 Å². The molecule has 0 unspecified atom stereocenters. The van der Waals surface area contributed by atoms with Crippen molar-refractivity contribution in [2.24, 2.45) is 0 Å². The van der Waals surface area contributed by atoms with Gasteiger partial charge in [0.25, 0.3) is 0 Å². The van der Waals surface area contributed by atoms with Crippen molar-refractivity contribution >= 4 is 29.5 Å². The summed E-state index contributed by atoms with van der Waals surface area (Å²) in [4.78, 5) is 13.5. The molecule has 3 N–H and O–H groups in total. The van der Waals surface area contributed by atoms with Crippen LogP contribution in [0.15, 0.2) is 79.0 Å². The Morgan fingerprint density at radius 2 is 1.82 bits per heavy atom. The number of hydrogen-bond donors (Lipinski definition) is 3. The third-order valence-corrected chi connectivity index (χ3v) is 7.18. The van der Waals surface area contributed by atoms with Gasteiger partial charge in [-0.2, -0.15) is 0 Å². The lowest BCUT2D eigenvalue weighted by atomic mass is 9.83. The van der Waals surface area contributed by atoms with Gasteiger partial charge in [-0.25, -0.2) is 4.79 Å². The maximum Gasteiger partial charge on any atom is 0.328 e. The summed E-state index contributed by atoms with van der Waals surface area (Å²) in [5.41, 5.74) is 8.95. The SMILES string of the molecule is CCN/C=C(\C=N)c1ccc2c(c1)C[C@@H](C)N(c1ccc(C(C)C)cc1)[C@@H]2c1ccc(/C=C/C(=O)O)cc1. The summed E-state index contributed by atoms with van der Waals surface area (Å²) in [7, 11) is 0. The molecule has 0 aromatic heterocycles. The van der Waals surface area contributed by atoms with E-state index in [1.54, 1.807) is 6.08 Å². The highest BCUT2D eigenvalue weighted by Crippen LogP contribution is 2.42. The van der Waals surface area contributed by atoms with Crippen molar-refractivity contribution in [2.75, 3.05) is 11.4 Å². The van der Waals surface area contributed by atoms with E-state index in [0.717, 1.165) is 35.2 Å². The molecule has 5 nitrogen and oxygen atoms in total. The molecule has 0 amide bonds. The van der Waals surface area contributed by atoms with Crippen molar-refractivity contribution in [3.8, 4) is 0 Å². The van der Waals surface area contributed by atoms with E-state index in [1.165, 1.54) is 34.7 Å². The van der Waals surface area contributed by atoms with Crippen LogP contribution in [0.25, 0.3) is 11.6 Å². The van der Waals surface area contributed by atoms with Crippen LogP contribution in [0.4, 0.5) is 5.69 Å². The maximum atomic E-state index is 11.0. The second-order valence-electron chi connectivity index (χ2n) is 10.2. The quantitative estimate of drug-likeness (QED) is 0.214. The fourth-order valence-corrected chi connectivity index (χ4v) is 5.20. The van der Waals surface area contributed by atoms with E-state index >= 15 is 0 Å². The lowest BCUT2D eigenvalue weighted by molar-refractivity contribution is -0.131. The van der Waals surface area contributed by atoms with Crippen LogP contribution < -0.4 is 10.2 Å². The molecule has 1 aliphatic rings. The van der Waals surface area contributed by atoms with Crippen molar-refractivity contribution < 1.29 is 9.90 Å². The van der Waals surface area contributed by atoms with E-state index < -0.39 is 5.97 Å². The van der Waals surface area contributed by atoms with Gasteiger partial charge in [-0.05, 0) is 77.8 Å². The van der Waals surface area contributed by atoms with E-state index in [1.807, 2.05) is 25.3 Å². The third-order valence-electron chi connectivity index (χ3n) is 7.18. The zero-order valence-electron chi connectivity index (χ0n) is 22.6. The third kappa shape index (κ3) is 5.88. The fourth-order valence-electron chi connectivity index (χ4n) is 5.20. The number of anilines is 1. The number of rotatable bonds is 9. The van der Waals surface area contributed by atoms with Crippen molar-refractivity contribution in [1.29, 1.82) is 5.41 Å². The van der Waals surface area contributed by atoms with Crippen LogP contribution in [-0.4, -0.2) is 29.9 Å². The summed E-state index contributed by atoms with van der Waals surface area (Å²) in [5, 5.41) is 20.1. The lowest BCUT2D eigenvalue weighted by Gasteiger charge is -2.44. The molecule has 2 atom stereocenters. The smallest absolute Gasteiger partial charge is 0.328 e. The van der Waals surface area contributed by atoms with Gasteiger partial charge in [-0.3, -0.25) is 0 Å². The number of allylic oxidation sites excluding steroid dienone is 1. The Morgan fingerprint density at radius 1 is 1.11 bits per heavy atom. The van der Waals surface area contributed by atoms with Crippen molar-refractivity contribution in [1.82, 2.24) is 5.32 Å². The minimum Gasteiger partial charge on any atom is -0.478 e. The molecular weight excluding hydrogens is 470 g/mol. The molecule has 5 heteroatoms. The molecule has 0 aliphatic carbocycles. The number of fused-ring (bicyclic) bond motifs is 1. The minimum absolute atomic E-state index is 0.00591. The van der Waals surface area contributed by atoms with E-state index in [4.69, 9.17) is 10.5 Å². The average molecular weight is 508 g/mol. The Balaban J connectivity index is 1.81. The van der Waals surface area contributed by atoms with Crippen LogP contribution in [0.2, 0.25) is 0 Å². The van der Waals surface area contributed by atoms with Crippen LogP contribution in [0.1, 0.15) is 73.0 Å². The van der Waals surface area contributed by atoms with Crippen molar-refractivity contribution in [2.45, 2.75) is 52.1 Å². The second kappa shape index (κ2) is 12.0. The van der Waals surface area contributed by atoms with Crippen LogP contribution in [-0.2, 0) is 11.2 Å². The Morgan fingerprint density at radius 3 is 2.42 bits per heavy atom. The Bertz CT molecular complexity index is 1340. The van der Waals surface area contributed by atoms with Crippen molar-refractivity contribution in [3.05, 3.63) is 112 Å². The van der Waals surface area contributed by atoms with Crippen LogP contribution in [0, 0.1) is 5.41 Å². The van der Waals surface area contributed by atoms with Gasteiger partial charge in [-0.1, -0.05) is 68.4 Å². The number of carbonyl (C=O) groups is 1. The van der Waals surface area contributed by atoms with Crippen LogP contribution in [0.3, 0.4) is 0 Å². The van der Waals surface area contributed by atoms with Gasteiger partial charge in [0.15, 0.2) is 0 Å². The fraction of sp³-hybridized carbons (Fsp3) is 0.273. The van der Waals surface area contributed by atoms with Crippen LogP contribution in [0.5, 0.6) is 0 Å². The Hall–Kier alpha value is -4.12. The Kier molecular flexibility index (Phi) is 8.47. The normalized spacial score (nSPS) is 17.5. The van der Waals surface area contributed by atoms with E-state index in [9.17, 15) is 4.79 Å². The summed E-state index contributed by atoms with van der Waals surface area (Å²) >= 11 is 0. The highest BCUT2D eigenvalue weighted by atomic mass is 16.4. The van der Waals surface area contributed by atoms with Gasteiger partial charge in [0, 0.05) is 42.3 Å². The van der Waals surface area contributed by atoms with Gasteiger partial charge >= 0.3 is 5.97 Å². The van der Waals surface area contributed by atoms with Gasteiger partial charge in [0.1, 0.15) is 0 Å².